The number of aromatic amines is 1. The molecule has 7 heteroatoms. The van der Waals surface area contributed by atoms with E-state index in [2.05, 4.69) is 33.1 Å². The lowest BCUT2D eigenvalue weighted by Gasteiger charge is -2.14. The molecule has 2 aromatic heterocycles. The molecule has 0 radical (unpaired) electrons. The number of nitrogens with one attached hydrogen (secondary N) is 1. The maximum absolute atomic E-state index is 12.2. The molecule has 0 saturated carbocycles. The van der Waals surface area contributed by atoms with Gasteiger partial charge in [-0.25, -0.2) is 9.94 Å². The van der Waals surface area contributed by atoms with Crippen LogP contribution in [0.5, 0.6) is 0 Å². The van der Waals surface area contributed by atoms with Crippen LogP contribution < -0.4 is 11.3 Å². The van der Waals surface area contributed by atoms with Crippen molar-refractivity contribution < 1.29 is 0 Å². The maximum atomic E-state index is 12.2. The van der Waals surface area contributed by atoms with E-state index in [-0.39, 0.29) is 12.1 Å². The third kappa shape index (κ3) is 2.89. The molecule has 2 heterocycles. The molecule has 156 valence electrons. The molecule has 0 aliphatic rings. The molecular formula is C25H20N6O. The van der Waals surface area contributed by atoms with Crippen LogP contribution in [0.4, 0.5) is 5.69 Å². The Balaban J connectivity index is 1.81. The molecule has 5 rings (SSSR count). The lowest BCUT2D eigenvalue weighted by molar-refractivity contribution is 0.776. The van der Waals surface area contributed by atoms with Gasteiger partial charge in [0.15, 0.2) is 0 Å². The van der Waals surface area contributed by atoms with E-state index >= 15 is 0 Å². The molecule has 5 aromatic rings. The average molecular weight is 420 g/mol. The topological polar surface area (TPSA) is 93.9 Å². The van der Waals surface area contributed by atoms with Gasteiger partial charge in [0.25, 0.3) is 5.56 Å². The van der Waals surface area contributed by atoms with E-state index in [1.807, 2.05) is 43.4 Å². The van der Waals surface area contributed by atoms with Crippen molar-refractivity contribution in [2.24, 2.45) is 12.8 Å². The van der Waals surface area contributed by atoms with Crippen molar-refractivity contribution in [3.05, 3.63) is 87.8 Å². The monoisotopic (exact) mass is 420 g/mol. The highest BCUT2D eigenvalue weighted by atomic mass is 16.1. The minimum absolute atomic E-state index is 0.211. The largest absolute Gasteiger partial charge is 0.325 e. The number of fused-ring (bicyclic) bond motifs is 2. The van der Waals surface area contributed by atoms with Crippen molar-refractivity contribution in [2.45, 2.75) is 13.5 Å². The van der Waals surface area contributed by atoms with E-state index in [9.17, 15) is 4.79 Å². The van der Waals surface area contributed by atoms with Gasteiger partial charge in [0.2, 0.25) is 5.69 Å². The van der Waals surface area contributed by atoms with Gasteiger partial charge < -0.3 is 5.73 Å². The number of benzene rings is 3. The average Bonchev–Trinajstić information content (AvgIpc) is 3.20. The van der Waals surface area contributed by atoms with Gasteiger partial charge in [0.1, 0.15) is 0 Å². The Hall–Kier alpha value is -4.28. The highest BCUT2D eigenvalue weighted by Gasteiger charge is 2.20. The van der Waals surface area contributed by atoms with Gasteiger partial charge in [-0.2, -0.15) is 10.2 Å². The lowest BCUT2D eigenvalue weighted by Crippen LogP contribution is -2.13. The van der Waals surface area contributed by atoms with Crippen molar-refractivity contribution in [2.75, 3.05) is 0 Å². The number of nitrogens with zero attached hydrogens (tertiary/aromatic N) is 4. The number of aromatic nitrogens is 4. The van der Waals surface area contributed by atoms with Crippen LogP contribution in [0.25, 0.3) is 48.8 Å². The summed E-state index contributed by atoms with van der Waals surface area (Å²) in [6.45, 7) is 10.2. The third-order valence-electron chi connectivity index (χ3n) is 5.90. The Morgan fingerprint density at radius 1 is 1.06 bits per heavy atom. The standard InChI is InChI=1S/C25H20N6O/c1-14-10-20(23(27-2)17-7-5-4-6-16(14)17)24-21(13-28-31(24)3)15-8-9-18-19(11-15)22(12-26)29-30-25(18)32/h4-11,13H,12,26H2,1,3H3,(H,30,32). The van der Waals surface area contributed by atoms with E-state index in [1.165, 1.54) is 0 Å². The zero-order valence-corrected chi connectivity index (χ0v) is 17.7. The quantitative estimate of drug-likeness (QED) is 0.421. The molecule has 0 aliphatic carbocycles. The summed E-state index contributed by atoms with van der Waals surface area (Å²) in [4.78, 5) is 16.1. The molecular weight excluding hydrogens is 400 g/mol. The summed E-state index contributed by atoms with van der Waals surface area (Å²) < 4.78 is 1.79. The molecule has 32 heavy (non-hydrogen) atoms. The summed E-state index contributed by atoms with van der Waals surface area (Å²) in [5.74, 6) is 0. The van der Waals surface area contributed by atoms with Crippen LogP contribution in [0.15, 0.2) is 59.5 Å². The molecule has 0 amide bonds. The first-order chi connectivity index (χ1) is 15.5. The summed E-state index contributed by atoms with van der Waals surface area (Å²) >= 11 is 0. The molecule has 7 nitrogen and oxygen atoms in total. The molecule has 0 fully saturated rings. The van der Waals surface area contributed by atoms with Crippen LogP contribution in [0, 0.1) is 13.5 Å². The van der Waals surface area contributed by atoms with Crippen LogP contribution >= 0.6 is 0 Å². The highest BCUT2D eigenvalue weighted by Crippen LogP contribution is 2.42. The molecule has 3 aromatic carbocycles. The number of hydrogen-bond donors (Lipinski definition) is 2. The molecule has 0 spiro atoms. The van der Waals surface area contributed by atoms with Crippen LogP contribution in [0.1, 0.15) is 11.3 Å². The van der Waals surface area contributed by atoms with Crippen molar-refractivity contribution >= 4 is 27.2 Å². The van der Waals surface area contributed by atoms with Gasteiger partial charge >= 0.3 is 0 Å². The first kappa shape index (κ1) is 19.7. The van der Waals surface area contributed by atoms with Gasteiger partial charge in [-0.05, 0) is 41.0 Å². The van der Waals surface area contributed by atoms with Crippen LogP contribution in [-0.4, -0.2) is 20.0 Å². The summed E-state index contributed by atoms with van der Waals surface area (Å²) in [5.41, 5.74) is 11.3. The number of nitrogens with two attached hydrogens (primary N) is 1. The second-order valence-electron chi connectivity index (χ2n) is 7.74. The zero-order chi connectivity index (χ0) is 22.4. The van der Waals surface area contributed by atoms with E-state index in [0.29, 0.717) is 22.2 Å². The van der Waals surface area contributed by atoms with Crippen molar-refractivity contribution in [1.29, 1.82) is 0 Å². The zero-order valence-electron chi connectivity index (χ0n) is 17.7. The number of rotatable bonds is 3. The number of hydrogen-bond acceptors (Lipinski definition) is 4. The van der Waals surface area contributed by atoms with Crippen molar-refractivity contribution in [1.82, 2.24) is 20.0 Å². The maximum Gasteiger partial charge on any atom is 0.272 e. The van der Waals surface area contributed by atoms with Gasteiger partial charge in [0.05, 0.1) is 29.5 Å². The Morgan fingerprint density at radius 2 is 1.84 bits per heavy atom. The number of aryl methyl sites for hydroxylation is 2. The fourth-order valence-corrected chi connectivity index (χ4v) is 4.35. The molecule has 0 unspecified atom stereocenters. The predicted octanol–water partition coefficient (Wildman–Crippen LogP) is 4.46. The third-order valence-corrected chi connectivity index (χ3v) is 5.90. The Morgan fingerprint density at radius 3 is 2.59 bits per heavy atom. The van der Waals surface area contributed by atoms with Gasteiger partial charge in [0, 0.05) is 30.1 Å². The van der Waals surface area contributed by atoms with Crippen LogP contribution in [0.2, 0.25) is 0 Å². The first-order valence-electron chi connectivity index (χ1n) is 10.2. The SMILES string of the molecule is [C-]#[N+]c1c(-c2c(-c3ccc4c(=O)[nH]nc(CN)c4c3)cnn2C)cc(C)c2ccccc12. The molecule has 0 atom stereocenters. The molecule has 0 aliphatic heterocycles. The van der Waals surface area contributed by atoms with Crippen molar-refractivity contribution in [3.63, 3.8) is 0 Å². The Bertz CT molecular complexity index is 1620. The van der Waals surface area contributed by atoms with Crippen LogP contribution in [-0.2, 0) is 13.6 Å². The van der Waals surface area contributed by atoms with E-state index in [1.54, 1.807) is 16.9 Å². The fourth-order valence-electron chi connectivity index (χ4n) is 4.35. The smallest absolute Gasteiger partial charge is 0.272 e. The summed E-state index contributed by atoms with van der Waals surface area (Å²) in [6, 6.07) is 15.6. The fraction of sp³-hybridized carbons (Fsp3) is 0.120. The Labute approximate surface area is 183 Å². The normalized spacial score (nSPS) is 11.2. The molecule has 0 saturated heterocycles. The van der Waals surface area contributed by atoms with E-state index < -0.39 is 0 Å². The minimum atomic E-state index is -0.254. The van der Waals surface area contributed by atoms with Gasteiger partial charge in [-0.15, -0.1) is 0 Å². The minimum Gasteiger partial charge on any atom is -0.325 e. The van der Waals surface area contributed by atoms with E-state index in [4.69, 9.17) is 12.3 Å². The van der Waals surface area contributed by atoms with Crippen LogP contribution in [0.3, 0.4) is 0 Å². The summed E-state index contributed by atoms with van der Waals surface area (Å²) in [7, 11) is 1.87. The first-order valence-corrected chi connectivity index (χ1v) is 10.2. The molecule has 0 bridgehead atoms. The number of H-pyrrole nitrogens is 1. The second-order valence-corrected chi connectivity index (χ2v) is 7.74. The Kier molecular flexibility index (Phi) is 4.58. The highest BCUT2D eigenvalue weighted by molar-refractivity contribution is 6.05. The van der Waals surface area contributed by atoms with Gasteiger partial charge in [-0.3, -0.25) is 9.48 Å². The summed E-state index contributed by atoms with van der Waals surface area (Å²) in [6.07, 6.45) is 1.79. The lowest BCUT2D eigenvalue weighted by atomic mass is 9.93. The summed E-state index contributed by atoms with van der Waals surface area (Å²) in [5, 5.41) is 14.3. The second kappa shape index (κ2) is 7.45. The van der Waals surface area contributed by atoms with Gasteiger partial charge in [-0.1, -0.05) is 36.4 Å². The van der Waals surface area contributed by atoms with E-state index in [0.717, 1.165) is 38.7 Å². The predicted molar refractivity (Wildman–Crippen MR) is 126 cm³/mol. The molecule has 3 N–H and O–H groups in total. The van der Waals surface area contributed by atoms with Crippen molar-refractivity contribution in [3.8, 4) is 22.4 Å².